The second-order valence-electron chi connectivity index (χ2n) is 3.52. The Kier molecular flexibility index (Phi) is 6.00. The van der Waals surface area contributed by atoms with E-state index in [0.29, 0.717) is 16.5 Å². The predicted octanol–water partition coefficient (Wildman–Crippen LogP) is 2.21. The minimum Gasteiger partial charge on any atom is -0.393 e. The van der Waals surface area contributed by atoms with Crippen molar-refractivity contribution < 1.29 is 4.79 Å². The second kappa shape index (κ2) is 7.29. The van der Waals surface area contributed by atoms with E-state index < -0.39 is 0 Å². The number of amides is 1. The quantitative estimate of drug-likeness (QED) is 0.777. The molecule has 0 aliphatic carbocycles. The highest BCUT2D eigenvalue weighted by Crippen LogP contribution is 2.15. The van der Waals surface area contributed by atoms with Gasteiger partial charge in [-0.2, -0.15) is 0 Å². The zero-order valence-corrected chi connectivity index (χ0v) is 11.4. The number of hydrogen-bond acceptors (Lipinski definition) is 3. The number of aryl methyl sites for hydroxylation is 1. The first-order valence-electron chi connectivity index (χ1n) is 5.37. The van der Waals surface area contributed by atoms with E-state index in [9.17, 15) is 4.79 Å². The average molecular weight is 268 g/mol. The third-order valence-electron chi connectivity index (χ3n) is 2.15. The Hall–Kier alpha value is -1.07. The molecule has 0 saturated carbocycles. The molecule has 0 spiro atoms. The van der Waals surface area contributed by atoms with Crippen LogP contribution in [0.2, 0.25) is 0 Å². The van der Waals surface area contributed by atoms with Crippen LogP contribution in [0.25, 0.3) is 0 Å². The van der Waals surface area contributed by atoms with Gasteiger partial charge in [0, 0.05) is 11.4 Å². The summed E-state index contributed by atoms with van der Waals surface area (Å²) >= 11 is 6.17. The highest BCUT2D eigenvalue weighted by atomic mass is 32.2. The Morgan fingerprint density at radius 2 is 2.12 bits per heavy atom. The molecule has 0 aliphatic rings. The molecular weight excluding hydrogens is 252 g/mol. The molecule has 1 aromatic carbocycles. The SMILES string of the molecule is CCc1ccccc1NC(=O)CSCC(N)=S. The van der Waals surface area contributed by atoms with Crippen molar-refractivity contribution in [3.05, 3.63) is 29.8 Å². The van der Waals surface area contributed by atoms with E-state index in [1.807, 2.05) is 24.3 Å². The molecule has 0 aromatic heterocycles. The number of para-hydroxylation sites is 1. The summed E-state index contributed by atoms with van der Waals surface area (Å²) in [4.78, 5) is 12.1. The molecule has 3 nitrogen and oxygen atoms in total. The highest BCUT2D eigenvalue weighted by Gasteiger charge is 2.05. The maximum atomic E-state index is 11.6. The molecule has 1 rings (SSSR count). The molecule has 3 N–H and O–H groups in total. The number of carbonyl (C=O) groups is 1. The summed E-state index contributed by atoms with van der Waals surface area (Å²) in [6.07, 6.45) is 0.899. The van der Waals surface area contributed by atoms with E-state index >= 15 is 0 Å². The van der Waals surface area contributed by atoms with Crippen LogP contribution >= 0.6 is 24.0 Å². The molecule has 0 bridgehead atoms. The molecule has 0 heterocycles. The van der Waals surface area contributed by atoms with Crippen molar-refractivity contribution >= 4 is 40.6 Å². The van der Waals surface area contributed by atoms with E-state index in [1.54, 1.807) is 0 Å². The fourth-order valence-corrected chi connectivity index (χ4v) is 2.19. The predicted molar refractivity (Wildman–Crippen MR) is 78.6 cm³/mol. The normalized spacial score (nSPS) is 9.94. The van der Waals surface area contributed by atoms with Gasteiger partial charge in [0.1, 0.15) is 0 Å². The number of carbonyl (C=O) groups excluding carboxylic acids is 1. The molecule has 0 fully saturated rings. The Balaban J connectivity index is 2.47. The molecule has 0 aliphatic heterocycles. The maximum Gasteiger partial charge on any atom is 0.234 e. The smallest absolute Gasteiger partial charge is 0.234 e. The molecule has 0 radical (unpaired) electrons. The molecular formula is C12H16N2OS2. The average Bonchev–Trinajstić information content (AvgIpc) is 2.29. The van der Waals surface area contributed by atoms with E-state index in [1.165, 1.54) is 11.8 Å². The van der Waals surface area contributed by atoms with Crippen molar-refractivity contribution in [1.29, 1.82) is 0 Å². The number of benzene rings is 1. The summed E-state index contributed by atoms with van der Waals surface area (Å²) in [5, 5.41) is 2.89. The van der Waals surface area contributed by atoms with Gasteiger partial charge in [-0.05, 0) is 18.1 Å². The van der Waals surface area contributed by atoms with Gasteiger partial charge in [-0.3, -0.25) is 4.79 Å². The fraction of sp³-hybridized carbons (Fsp3) is 0.333. The van der Waals surface area contributed by atoms with Gasteiger partial charge in [0.05, 0.1) is 10.7 Å². The third-order valence-corrected chi connectivity index (χ3v) is 3.46. The minimum absolute atomic E-state index is 0.0212. The van der Waals surface area contributed by atoms with Crippen molar-refractivity contribution in [3.63, 3.8) is 0 Å². The van der Waals surface area contributed by atoms with Crippen molar-refractivity contribution in [2.45, 2.75) is 13.3 Å². The monoisotopic (exact) mass is 268 g/mol. The van der Waals surface area contributed by atoms with Crippen LogP contribution in [0.5, 0.6) is 0 Å². The van der Waals surface area contributed by atoms with Crippen molar-refractivity contribution in [2.24, 2.45) is 5.73 Å². The summed E-state index contributed by atoms with van der Waals surface area (Å²) in [6.45, 7) is 2.06. The van der Waals surface area contributed by atoms with Crippen LogP contribution in [0.1, 0.15) is 12.5 Å². The zero-order valence-electron chi connectivity index (χ0n) is 9.73. The van der Waals surface area contributed by atoms with E-state index in [-0.39, 0.29) is 5.91 Å². The van der Waals surface area contributed by atoms with Gasteiger partial charge in [0.2, 0.25) is 5.91 Å². The first kappa shape index (κ1) is 14.0. The molecule has 92 valence electrons. The van der Waals surface area contributed by atoms with Crippen molar-refractivity contribution in [3.8, 4) is 0 Å². The van der Waals surface area contributed by atoms with E-state index in [4.69, 9.17) is 18.0 Å². The Bertz CT molecular complexity index is 407. The van der Waals surface area contributed by atoms with Gasteiger partial charge in [-0.25, -0.2) is 0 Å². The maximum absolute atomic E-state index is 11.6. The van der Waals surface area contributed by atoms with E-state index in [0.717, 1.165) is 17.7 Å². The molecule has 1 amide bonds. The summed E-state index contributed by atoms with van der Waals surface area (Å²) in [5.74, 6) is 0.889. The van der Waals surface area contributed by atoms with Gasteiger partial charge in [0.15, 0.2) is 0 Å². The minimum atomic E-state index is -0.0212. The topological polar surface area (TPSA) is 55.1 Å². The number of thiocarbonyl (C=S) groups is 1. The fourth-order valence-electron chi connectivity index (χ4n) is 1.38. The van der Waals surface area contributed by atoms with Gasteiger partial charge >= 0.3 is 0 Å². The number of nitrogens with one attached hydrogen (secondary N) is 1. The largest absolute Gasteiger partial charge is 0.393 e. The molecule has 1 aromatic rings. The van der Waals surface area contributed by atoms with E-state index in [2.05, 4.69) is 12.2 Å². The second-order valence-corrected chi connectivity index (χ2v) is 5.03. The summed E-state index contributed by atoms with van der Waals surface area (Å²) in [6, 6.07) is 7.81. The number of hydrogen-bond donors (Lipinski definition) is 2. The first-order chi connectivity index (χ1) is 8.13. The number of nitrogens with two attached hydrogens (primary N) is 1. The molecule has 0 atom stereocenters. The Labute approximate surface area is 111 Å². The number of thioether (sulfide) groups is 1. The zero-order chi connectivity index (χ0) is 12.7. The van der Waals surface area contributed by atoms with Crippen LogP contribution in [-0.4, -0.2) is 22.4 Å². The molecule has 0 saturated heterocycles. The van der Waals surface area contributed by atoms with Gasteiger partial charge in [-0.1, -0.05) is 37.3 Å². The lowest BCUT2D eigenvalue weighted by molar-refractivity contribution is -0.113. The van der Waals surface area contributed by atoms with Gasteiger partial charge < -0.3 is 11.1 Å². The van der Waals surface area contributed by atoms with Crippen molar-refractivity contribution in [1.82, 2.24) is 0 Å². The lowest BCUT2D eigenvalue weighted by Crippen LogP contribution is -2.18. The summed E-state index contributed by atoms with van der Waals surface area (Å²) in [5.41, 5.74) is 7.38. The van der Waals surface area contributed by atoms with Gasteiger partial charge in [-0.15, -0.1) is 11.8 Å². The van der Waals surface area contributed by atoms with Gasteiger partial charge in [0.25, 0.3) is 0 Å². The summed E-state index contributed by atoms with van der Waals surface area (Å²) < 4.78 is 0. The molecule has 0 unspecified atom stereocenters. The summed E-state index contributed by atoms with van der Waals surface area (Å²) in [7, 11) is 0. The standard InChI is InChI=1S/C12H16N2OS2/c1-2-9-5-3-4-6-10(9)14-12(15)8-17-7-11(13)16/h3-6H,2,7-8H2,1H3,(H2,13,16)(H,14,15). The number of rotatable bonds is 6. The third kappa shape index (κ3) is 5.19. The van der Waals surface area contributed by atoms with Crippen LogP contribution in [0, 0.1) is 0 Å². The van der Waals surface area contributed by atoms with Crippen LogP contribution in [0.15, 0.2) is 24.3 Å². The molecule has 17 heavy (non-hydrogen) atoms. The molecule has 5 heteroatoms. The van der Waals surface area contributed by atoms with Crippen LogP contribution in [0.4, 0.5) is 5.69 Å². The van der Waals surface area contributed by atoms with Crippen LogP contribution < -0.4 is 11.1 Å². The lowest BCUT2D eigenvalue weighted by Gasteiger charge is -2.09. The first-order valence-corrected chi connectivity index (χ1v) is 6.93. The Morgan fingerprint density at radius 3 is 2.76 bits per heavy atom. The van der Waals surface area contributed by atoms with Crippen LogP contribution in [0.3, 0.4) is 0 Å². The van der Waals surface area contributed by atoms with Crippen LogP contribution in [-0.2, 0) is 11.2 Å². The van der Waals surface area contributed by atoms with Crippen molar-refractivity contribution in [2.75, 3.05) is 16.8 Å². The highest BCUT2D eigenvalue weighted by molar-refractivity contribution is 8.01. The lowest BCUT2D eigenvalue weighted by atomic mass is 10.1. The Morgan fingerprint density at radius 1 is 1.41 bits per heavy atom. The number of anilines is 1.